The summed E-state index contributed by atoms with van der Waals surface area (Å²) in [5.74, 6) is -0.367. The minimum Gasteiger partial charge on any atom is -0.394 e. The minimum absolute atomic E-state index is 0.327. The van der Waals surface area contributed by atoms with E-state index < -0.39 is 5.54 Å². The van der Waals surface area contributed by atoms with Crippen molar-refractivity contribution in [3.63, 3.8) is 0 Å². The van der Waals surface area contributed by atoms with Crippen LogP contribution in [0.5, 0.6) is 0 Å². The highest BCUT2D eigenvalue weighted by atomic mass is 16.3. The van der Waals surface area contributed by atoms with Crippen LogP contribution in [0.4, 0.5) is 0 Å². The maximum Gasteiger partial charge on any atom is 0.270 e. The molecular formula is C10H17N3O3. The second-order valence-corrected chi connectivity index (χ2v) is 4.13. The second kappa shape index (κ2) is 4.63. The van der Waals surface area contributed by atoms with Crippen molar-refractivity contribution in [1.29, 1.82) is 0 Å². The monoisotopic (exact) mass is 227 g/mol. The van der Waals surface area contributed by atoms with Crippen molar-refractivity contribution in [2.24, 2.45) is 7.05 Å². The Labute approximate surface area is 93.9 Å². The lowest BCUT2D eigenvalue weighted by atomic mass is 10.1. The third-order valence-electron chi connectivity index (χ3n) is 2.35. The smallest absolute Gasteiger partial charge is 0.270 e. The van der Waals surface area contributed by atoms with E-state index in [-0.39, 0.29) is 19.1 Å². The van der Waals surface area contributed by atoms with Crippen LogP contribution in [0.3, 0.4) is 0 Å². The van der Waals surface area contributed by atoms with E-state index in [1.807, 2.05) is 0 Å². The van der Waals surface area contributed by atoms with Crippen LogP contribution in [-0.4, -0.2) is 44.7 Å². The molecule has 0 aliphatic carbocycles. The Bertz CT molecular complexity index is 383. The van der Waals surface area contributed by atoms with Crippen LogP contribution in [0, 0.1) is 6.92 Å². The molecule has 0 bridgehead atoms. The predicted octanol–water partition coefficient (Wildman–Crippen LogP) is -0.798. The summed E-state index contributed by atoms with van der Waals surface area (Å²) in [5, 5.41) is 24.7. The third kappa shape index (κ3) is 2.59. The number of aliphatic hydroxyl groups excluding tert-OH is 2. The summed E-state index contributed by atoms with van der Waals surface area (Å²) in [6, 6.07) is 1.64. The first-order chi connectivity index (χ1) is 7.41. The van der Waals surface area contributed by atoms with Crippen molar-refractivity contribution in [3.05, 3.63) is 17.5 Å². The number of nitrogens with zero attached hydrogens (tertiary/aromatic N) is 2. The number of aliphatic hydroxyl groups is 2. The Hall–Kier alpha value is -1.40. The fourth-order valence-electron chi connectivity index (χ4n) is 1.29. The lowest BCUT2D eigenvalue weighted by Crippen LogP contribution is -2.52. The van der Waals surface area contributed by atoms with Crippen LogP contribution in [0.15, 0.2) is 6.07 Å². The van der Waals surface area contributed by atoms with Gasteiger partial charge in [-0.1, -0.05) is 0 Å². The van der Waals surface area contributed by atoms with E-state index in [1.54, 1.807) is 27.0 Å². The van der Waals surface area contributed by atoms with Crippen LogP contribution < -0.4 is 5.32 Å². The van der Waals surface area contributed by atoms with Crippen molar-refractivity contribution in [2.45, 2.75) is 19.4 Å². The van der Waals surface area contributed by atoms with Crippen molar-refractivity contribution in [1.82, 2.24) is 15.1 Å². The molecule has 3 N–H and O–H groups in total. The van der Waals surface area contributed by atoms with Gasteiger partial charge < -0.3 is 15.5 Å². The summed E-state index contributed by atoms with van der Waals surface area (Å²) in [5.41, 5.74) is 0.114. The molecule has 0 saturated carbocycles. The molecule has 1 rings (SSSR count). The molecule has 0 aromatic carbocycles. The number of hydrogen-bond donors (Lipinski definition) is 3. The Kier molecular flexibility index (Phi) is 3.66. The molecule has 0 saturated heterocycles. The first-order valence-electron chi connectivity index (χ1n) is 4.97. The predicted molar refractivity (Wildman–Crippen MR) is 58.0 cm³/mol. The Morgan fingerprint density at radius 1 is 1.56 bits per heavy atom. The molecule has 6 nitrogen and oxygen atoms in total. The lowest BCUT2D eigenvalue weighted by Gasteiger charge is -2.25. The Morgan fingerprint density at radius 3 is 2.50 bits per heavy atom. The van der Waals surface area contributed by atoms with E-state index in [4.69, 9.17) is 10.2 Å². The van der Waals surface area contributed by atoms with E-state index in [0.29, 0.717) is 5.69 Å². The molecule has 1 aromatic rings. The van der Waals surface area contributed by atoms with Crippen LogP contribution >= 0.6 is 0 Å². The first kappa shape index (κ1) is 12.7. The molecule has 0 atom stereocenters. The van der Waals surface area contributed by atoms with Crippen LogP contribution in [0.2, 0.25) is 0 Å². The number of amides is 1. The van der Waals surface area contributed by atoms with Crippen molar-refractivity contribution in [3.8, 4) is 0 Å². The average molecular weight is 227 g/mol. The Morgan fingerprint density at radius 2 is 2.12 bits per heavy atom. The molecule has 0 aliphatic rings. The van der Waals surface area contributed by atoms with Gasteiger partial charge in [0.25, 0.3) is 5.91 Å². The van der Waals surface area contributed by atoms with Gasteiger partial charge >= 0.3 is 0 Å². The van der Waals surface area contributed by atoms with Crippen molar-refractivity contribution >= 4 is 5.91 Å². The highest BCUT2D eigenvalue weighted by Gasteiger charge is 2.26. The number of hydrogen-bond acceptors (Lipinski definition) is 4. The van der Waals surface area contributed by atoms with Gasteiger partial charge in [0.2, 0.25) is 0 Å². The van der Waals surface area contributed by atoms with Crippen molar-refractivity contribution in [2.75, 3.05) is 13.2 Å². The first-order valence-corrected chi connectivity index (χ1v) is 4.97. The molecule has 1 amide bonds. The summed E-state index contributed by atoms with van der Waals surface area (Å²) in [4.78, 5) is 11.8. The summed E-state index contributed by atoms with van der Waals surface area (Å²) in [6.45, 7) is 2.69. The van der Waals surface area contributed by atoms with Gasteiger partial charge in [-0.25, -0.2) is 0 Å². The second-order valence-electron chi connectivity index (χ2n) is 4.13. The highest BCUT2D eigenvalue weighted by Crippen LogP contribution is 2.06. The molecule has 0 radical (unpaired) electrons. The number of rotatable bonds is 4. The zero-order valence-electron chi connectivity index (χ0n) is 9.69. The molecular weight excluding hydrogens is 210 g/mol. The van der Waals surface area contributed by atoms with Gasteiger partial charge in [0, 0.05) is 7.05 Å². The van der Waals surface area contributed by atoms with Gasteiger partial charge in [0.05, 0.1) is 24.4 Å². The minimum atomic E-state index is -1.02. The van der Waals surface area contributed by atoms with Crippen molar-refractivity contribution < 1.29 is 15.0 Å². The third-order valence-corrected chi connectivity index (χ3v) is 2.35. The number of nitrogens with one attached hydrogen (secondary N) is 1. The van der Waals surface area contributed by atoms with Gasteiger partial charge in [0.15, 0.2) is 0 Å². The zero-order chi connectivity index (χ0) is 12.3. The number of aryl methyl sites for hydroxylation is 2. The molecule has 0 fully saturated rings. The van der Waals surface area contributed by atoms with Gasteiger partial charge in [0.1, 0.15) is 5.69 Å². The molecule has 90 valence electrons. The maximum absolute atomic E-state index is 11.8. The van der Waals surface area contributed by atoms with Crippen LogP contribution in [0.1, 0.15) is 23.1 Å². The highest BCUT2D eigenvalue weighted by molar-refractivity contribution is 5.93. The molecule has 6 heteroatoms. The fourth-order valence-corrected chi connectivity index (χ4v) is 1.29. The summed E-state index contributed by atoms with van der Waals surface area (Å²) >= 11 is 0. The molecule has 0 aliphatic heterocycles. The van der Waals surface area contributed by atoms with E-state index in [9.17, 15) is 4.79 Å². The fraction of sp³-hybridized carbons (Fsp3) is 0.600. The topological polar surface area (TPSA) is 87.4 Å². The van der Waals surface area contributed by atoms with Gasteiger partial charge in [-0.3, -0.25) is 9.48 Å². The van der Waals surface area contributed by atoms with E-state index >= 15 is 0 Å². The normalized spacial score (nSPS) is 11.6. The maximum atomic E-state index is 11.8. The summed E-state index contributed by atoms with van der Waals surface area (Å²) < 4.78 is 1.46. The zero-order valence-corrected chi connectivity index (χ0v) is 9.69. The van der Waals surface area contributed by atoms with Crippen LogP contribution in [-0.2, 0) is 7.05 Å². The van der Waals surface area contributed by atoms with Crippen LogP contribution in [0.25, 0.3) is 0 Å². The molecule has 1 aromatic heterocycles. The summed E-state index contributed by atoms with van der Waals surface area (Å²) in [6.07, 6.45) is 0. The van der Waals surface area contributed by atoms with E-state index in [2.05, 4.69) is 10.4 Å². The van der Waals surface area contributed by atoms with E-state index in [1.165, 1.54) is 4.68 Å². The molecule has 1 heterocycles. The molecule has 0 unspecified atom stereocenters. The van der Waals surface area contributed by atoms with E-state index in [0.717, 1.165) is 5.69 Å². The number of carbonyl (C=O) groups is 1. The largest absolute Gasteiger partial charge is 0.394 e. The van der Waals surface area contributed by atoms with Gasteiger partial charge in [-0.05, 0) is 19.9 Å². The standard InChI is InChI=1S/C10H17N3O3/c1-7-4-8(13(3)12-7)9(16)11-10(2,5-14)6-15/h4,14-15H,5-6H2,1-3H3,(H,11,16). The average Bonchev–Trinajstić information content (AvgIpc) is 2.57. The lowest BCUT2D eigenvalue weighted by molar-refractivity contribution is 0.0715. The number of aromatic nitrogens is 2. The Balaban J connectivity index is 2.84. The van der Waals surface area contributed by atoms with Gasteiger partial charge in [-0.15, -0.1) is 0 Å². The van der Waals surface area contributed by atoms with Gasteiger partial charge in [-0.2, -0.15) is 5.10 Å². The summed E-state index contributed by atoms with van der Waals surface area (Å²) in [7, 11) is 1.66. The SMILES string of the molecule is Cc1cc(C(=O)NC(C)(CO)CO)n(C)n1. The quantitative estimate of drug-likeness (QED) is 0.628. The molecule has 16 heavy (non-hydrogen) atoms. The molecule has 0 spiro atoms. The number of carbonyl (C=O) groups excluding carboxylic acids is 1.